The van der Waals surface area contributed by atoms with Crippen LogP contribution in [0.15, 0.2) is 23.2 Å². The molecule has 4 aromatic rings. The number of nitrogens with one attached hydrogen (secondary N) is 1. The number of benzene rings is 2. The number of carbonyl (C=O) groups is 1. The summed E-state index contributed by atoms with van der Waals surface area (Å²) in [6, 6.07) is 4.07. The number of alkyl halides is 4. The van der Waals surface area contributed by atoms with E-state index < -0.39 is 63.4 Å². The van der Waals surface area contributed by atoms with Crippen LogP contribution >= 0.6 is 23.1 Å². The molecule has 2 aliphatic heterocycles. The molecule has 1 N–H and O–H groups in total. The van der Waals surface area contributed by atoms with Gasteiger partial charge in [-0.2, -0.15) is 28.4 Å². The van der Waals surface area contributed by atoms with Crippen LogP contribution in [0.2, 0.25) is 0 Å². The zero-order valence-corrected chi connectivity index (χ0v) is 27.8. The minimum atomic E-state index is -5.10. The quantitative estimate of drug-likeness (QED) is 0.121. The number of ether oxygens (including phenoxy) is 2. The number of aromatic nitrogens is 2. The third kappa shape index (κ3) is 6.12. The lowest BCUT2D eigenvalue weighted by Gasteiger charge is -2.30. The van der Waals surface area contributed by atoms with E-state index in [0.29, 0.717) is 24.3 Å². The van der Waals surface area contributed by atoms with Crippen molar-refractivity contribution < 1.29 is 40.6 Å². The zero-order chi connectivity index (χ0) is 34.8. The Bertz CT molecular complexity index is 1990. The molecular weight excluding hydrogens is 681 g/mol. The van der Waals surface area contributed by atoms with Gasteiger partial charge in [-0.25, -0.2) is 18.0 Å². The van der Waals surface area contributed by atoms with Gasteiger partial charge in [-0.1, -0.05) is 6.07 Å². The first-order chi connectivity index (χ1) is 22.5. The minimum Gasteiger partial charge on any atom is -0.461 e. The molecule has 0 unspecified atom stereocenters. The number of amides is 1. The molecule has 2 aromatic carbocycles. The molecule has 0 saturated carbocycles. The SMILES string of the molecule is CSc1nc(OC[C@@]23CCCN2C[C@H](F)C3)nc2c(F)c(-c3ccc(F)c4sc(NC(=O)OC(C)(C)C)c(C#N)c34)c(C(F)(F)F)cc12. The number of carbonyl (C=O) groups excluding carboxylic acids is 1. The van der Waals surface area contributed by atoms with Gasteiger partial charge in [0.15, 0.2) is 5.82 Å². The van der Waals surface area contributed by atoms with Crippen LogP contribution in [0, 0.1) is 23.0 Å². The zero-order valence-electron chi connectivity index (χ0n) is 26.1. The topological polar surface area (TPSA) is 100 Å². The molecule has 4 heterocycles. The molecule has 0 aliphatic carbocycles. The molecular formula is C32H29F6N5O3S2. The summed E-state index contributed by atoms with van der Waals surface area (Å²) in [6.45, 7) is 5.77. The monoisotopic (exact) mass is 709 g/mol. The molecule has 254 valence electrons. The van der Waals surface area contributed by atoms with Crippen LogP contribution in [-0.2, 0) is 10.9 Å². The summed E-state index contributed by atoms with van der Waals surface area (Å²) in [4.78, 5) is 23.0. The van der Waals surface area contributed by atoms with Crippen LogP contribution in [0.5, 0.6) is 6.01 Å². The van der Waals surface area contributed by atoms with Gasteiger partial charge in [-0.15, -0.1) is 23.1 Å². The summed E-state index contributed by atoms with van der Waals surface area (Å²) >= 11 is 1.57. The van der Waals surface area contributed by atoms with Crippen molar-refractivity contribution in [1.29, 1.82) is 5.26 Å². The number of anilines is 1. The second kappa shape index (κ2) is 12.3. The highest BCUT2D eigenvalue weighted by Gasteiger charge is 2.49. The molecule has 48 heavy (non-hydrogen) atoms. The summed E-state index contributed by atoms with van der Waals surface area (Å²) in [5.74, 6) is -2.29. The standard InChI is InChI=1S/C32H29F6N5O3S2/c1-30(2,3)46-29(44)42-27-18(12-39)21-16(6-7-20(34)25(21)48-27)22-19(32(36,37)38)10-17-24(23(22)35)40-28(41-26(17)47-4)45-14-31-8-5-9-43(31)13-15(33)11-31/h6-7,10,15H,5,8-9,11,13-14H2,1-4H3,(H,42,44)/t15-,31+/m1/s1. The van der Waals surface area contributed by atoms with Gasteiger partial charge >= 0.3 is 18.3 Å². The van der Waals surface area contributed by atoms with E-state index >= 15 is 8.78 Å². The number of fused-ring (bicyclic) bond motifs is 3. The molecule has 6 rings (SSSR count). The molecule has 2 aliphatic rings. The first-order valence-electron chi connectivity index (χ1n) is 14.9. The van der Waals surface area contributed by atoms with Crippen molar-refractivity contribution in [3.8, 4) is 23.2 Å². The first kappa shape index (κ1) is 34.1. The van der Waals surface area contributed by atoms with Crippen LogP contribution < -0.4 is 10.1 Å². The lowest BCUT2D eigenvalue weighted by molar-refractivity contribution is -0.137. The molecule has 2 atom stereocenters. The second-order valence-corrected chi connectivity index (χ2v) is 14.5. The van der Waals surface area contributed by atoms with Gasteiger partial charge in [0.2, 0.25) is 0 Å². The molecule has 8 nitrogen and oxygen atoms in total. The number of hydrogen-bond donors (Lipinski definition) is 1. The summed E-state index contributed by atoms with van der Waals surface area (Å²) in [5.41, 5.74) is -5.17. The van der Waals surface area contributed by atoms with Gasteiger partial charge in [0.05, 0.1) is 21.4 Å². The van der Waals surface area contributed by atoms with E-state index in [4.69, 9.17) is 9.47 Å². The van der Waals surface area contributed by atoms with E-state index in [1.807, 2.05) is 11.0 Å². The highest BCUT2D eigenvalue weighted by molar-refractivity contribution is 7.98. The number of nitriles is 1. The largest absolute Gasteiger partial charge is 0.461 e. The van der Waals surface area contributed by atoms with E-state index in [0.717, 1.165) is 36.4 Å². The lowest BCUT2D eigenvalue weighted by Crippen LogP contribution is -2.43. The Morgan fingerprint density at radius 3 is 2.67 bits per heavy atom. The Labute approximate surface area is 279 Å². The smallest absolute Gasteiger partial charge is 0.417 e. The summed E-state index contributed by atoms with van der Waals surface area (Å²) in [5, 5.41) is 11.7. The number of rotatable bonds is 6. The van der Waals surface area contributed by atoms with Gasteiger partial charge < -0.3 is 9.47 Å². The molecule has 16 heteroatoms. The number of thioether (sulfide) groups is 1. The first-order valence-corrected chi connectivity index (χ1v) is 16.9. The van der Waals surface area contributed by atoms with E-state index in [1.165, 1.54) is 0 Å². The fourth-order valence-electron chi connectivity index (χ4n) is 6.51. The van der Waals surface area contributed by atoms with Gasteiger partial charge in [-0.3, -0.25) is 10.2 Å². The average molecular weight is 710 g/mol. The van der Waals surface area contributed by atoms with Crippen molar-refractivity contribution in [2.75, 3.05) is 31.3 Å². The maximum Gasteiger partial charge on any atom is 0.417 e. The predicted octanol–water partition coefficient (Wildman–Crippen LogP) is 8.70. The molecule has 2 aromatic heterocycles. The highest BCUT2D eigenvalue weighted by Crippen LogP contribution is 2.48. The number of thiophene rings is 1. The van der Waals surface area contributed by atoms with Crippen molar-refractivity contribution >= 4 is 55.2 Å². The fraction of sp³-hybridized carbons (Fsp3) is 0.438. The Morgan fingerprint density at radius 2 is 2.00 bits per heavy atom. The molecule has 2 fully saturated rings. The van der Waals surface area contributed by atoms with E-state index in [2.05, 4.69) is 15.3 Å². The van der Waals surface area contributed by atoms with Crippen LogP contribution in [0.1, 0.15) is 51.2 Å². The van der Waals surface area contributed by atoms with Crippen molar-refractivity contribution in [1.82, 2.24) is 14.9 Å². The fourth-order valence-corrected chi connectivity index (χ4v) is 8.12. The van der Waals surface area contributed by atoms with E-state index in [9.17, 15) is 27.6 Å². The van der Waals surface area contributed by atoms with Gasteiger partial charge in [0.1, 0.15) is 45.8 Å². The molecule has 2 saturated heterocycles. The lowest BCUT2D eigenvalue weighted by atomic mass is 9.92. The van der Waals surface area contributed by atoms with Crippen LogP contribution in [0.4, 0.5) is 36.1 Å². The number of nitrogens with zero attached hydrogens (tertiary/aromatic N) is 4. The summed E-state index contributed by atoms with van der Waals surface area (Å²) < 4.78 is 101. The highest BCUT2D eigenvalue weighted by atomic mass is 32.2. The Kier molecular flexibility index (Phi) is 8.70. The molecule has 1 amide bonds. The van der Waals surface area contributed by atoms with E-state index in [1.54, 1.807) is 27.0 Å². The molecule has 0 bridgehead atoms. The van der Waals surface area contributed by atoms with Crippen molar-refractivity contribution in [3.05, 3.63) is 41.0 Å². The Hall–Kier alpha value is -3.81. The van der Waals surface area contributed by atoms with Crippen molar-refractivity contribution in [2.45, 2.75) is 68.5 Å². The van der Waals surface area contributed by atoms with Gasteiger partial charge in [0.25, 0.3) is 0 Å². The maximum absolute atomic E-state index is 16.7. The second-order valence-electron chi connectivity index (χ2n) is 12.7. The summed E-state index contributed by atoms with van der Waals surface area (Å²) in [7, 11) is 0. The molecule has 0 radical (unpaired) electrons. The summed E-state index contributed by atoms with van der Waals surface area (Å²) in [6.07, 6.45) is -3.79. The average Bonchev–Trinajstić information content (AvgIpc) is 3.65. The third-order valence-electron chi connectivity index (χ3n) is 8.39. The normalized spacial score (nSPS) is 19.9. The minimum absolute atomic E-state index is 0.00824. The molecule has 0 spiro atoms. The van der Waals surface area contributed by atoms with Crippen molar-refractivity contribution in [2.24, 2.45) is 0 Å². The maximum atomic E-state index is 16.7. The Balaban J connectivity index is 1.52. The number of halogens is 6. The number of hydrogen-bond acceptors (Lipinski definition) is 9. The van der Waals surface area contributed by atoms with Gasteiger partial charge in [-0.05, 0) is 64.1 Å². The van der Waals surface area contributed by atoms with Crippen LogP contribution in [0.25, 0.3) is 32.1 Å². The van der Waals surface area contributed by atoms with Gasteiger partial charge in [0, 0.05) is 29.3 Å². The van der Waals surface area contributed by atoms with E-state index in [-0.39, 0.29) is 56.6 Å². The van der Waals surface area contributed by atoms with Crippen molar-refractivity contribution in [3.63, 3.8) is 0 Å². The third-order valence-corrected chi connectivity index (χ3v) is 10.2. The van der Waals surface area contributed by atoms with Crippen LogP contribution in [-0.4, -0.2) is 64.2 Å². The Morgan fingerprint density at radius 1 is 1.25 bits per heavy atom. The van der Waals surface area contributed by atoms with Crippen LogP contribution in [0.3, 0.4) is 0 Å². The predicted molar refractivity (Wildman–Crippen MR) is 170 cm³/mol.